The third kappa shape index (κ3) is 6.89. The number of alkyl halides is 4. The molecular weight excluding hydrogens is 532 g/mol. The van der Waals surface area contributed by atoms with Crippen molar-refractivity contribution in [2.45, 2.75) is 69.9 Å². The molecular formula is C27H32F4N6O3. The molecule has 13 heteroatoms. The van der Waals surface area contributed by atoms with E-state index in [0.29, 0.717) is 5.69 Å². The first-order chi connectivity index (χ1) is 18.7. The summed E-state index contributed by atoms with van der Waals surface area (Å²) in [6.45, 7) is 5.00. The average Bonchev–Trinajstić information content (AvgIpc) is 2.86. The van der Waals surface area contributed by atoms with Crippen LogP contribution in [0, 0.1) is 17.2 Å². The Hall–Kier alpha value is -3.69. The van der Waals surface area contributed by atoms with Crippen molar-refractivity contribution in [1.29, 1.82) is 5.26 Å². The number of hydrogen-bond acceptors (Lipinski definition) is 7. The minimum atomic E-state index is -4.52. The molecule has 1 aromatic carbocycles. The maximum absolute atomic E-state index is 15.5. The van der Waals surface area contributed by atoms with Gasteiger partial charge >= 0.3 is 12.3 Å². The number of nitrogens with zero attached hydrogens (tertiary/aromatic N) is 5. The predicted molar refractivity (Wildman–Crippen MR) is 138 cm³/mol. The van der Waals surface area contributed by atoms with Gasteiger partial charge in [-0.25, -0.2) is 9.18 Å². The maximum Gasteiger partial charge on any atom is 0.410 e. The van der Waals surface area contributed by atoms with Gasteiger partial charge in [0.1, 0.15) is 28.4 Å². The van der Waals surface area contributed by atoms with Crippen molar-refractivity contribution in [2.24, 2.45) is 5.92 Å². The molecule has 0 radical (unpaired) electrons. The molecule has 2 amide bonds. The number of rotatable bonds is 4. The van der Waals surface area contributed by atoms with Crippen LogP contribution in [-0.2, 0) is 9.53 Å². The fourth-order valence-corrected chi connectivity index (χ4v) is 5.19. The number of carbonyl (C=O) groups excluding carboxylic acids is 2. The van der Waals surface area contributed by atoms with E-state index in [1.807, 2.05) is 6.07 Å². The number of hydrogen-bond donors (Lipinski definition) is 1. The topological polar surface area (TPSA) is 111 Å². The van der Waals surface area contributed by atoms with Gasteiger partial charge in [-0.3, -0.25) is 14.8 Å². The number of ether oxygens (including phenoxy) is 1. The van der Waals surface area contributed by atoms with E-state index in [1.165, 1.54) is 34.3 Å². The smallest absolute Gasteiger partial charge is 0.410 e. The molecule has 9 nitrogen and oxygen atoms in total. The molecule has 2 aromatic rings. The van der Waals surface area contributed by atoms with Crippen LogP contribution in [0.1, 0.15) is 52.0 Å². The molecule has 2 fully saturated rings. The predicted octanol–water partition coefficient (Wildman–Crippen LogP) is 4.50. The fourth-order valence-electron chi connectivity index (χ4n) is 5.19. The van der Waals surface area contributed by atoms with Gasteiger partial charge in [-0.05, 0) is 52.2 Å². The molecule has 0 saturated carbocycles. The molecule has 2 aliphatic heterocycles. The monoisotopic (exact) mass is 564 g/mol. The number of likely N-dealkylation sites (tertiary alicyclic amines) is 1. The molecule has 2 atom stereocenters. The fraction of sp³-hybridized carbons (Fsp3) is 0.593. The summed E-state index contributed by atoms with van der Waals surface area (Å²) in [4.78, 5) is 36.4. The summed E-state index contributed by atoms with van der Waals surface area (Å²) >= 11 is 0. The zero-order valence-electron chi connectivity index (χ0n) is 22.6. The van der Waals surface area contributed by atoms with Gasteiger partial charge < -0.3 is 19.9 Å². The van der Waals surface area contributed by atoms with Crippen molar-refractivity contribution in [1.82, 2.24) is 20.2 Å². The molecule has 2 saturated heterocycles. The highest BCUT2D eigenvalue weighted by molar-refractivity contribution is 5.92. The van der Waals surface area contributed by atoms with Crippen molar-refractivity contribution in [3.8, 4) is 6.07 Å². The molecule has 2 aliphatic rings. The van der Waals surface area contributed by atoms with Crippen LogP contribution in [0.3, 0.4) is 0 Å². The largest absolute Gasteiger partial charge is 0.444 e. The van der Waals surface area contributed by atoms with Crippen LogP contribution in [0.25, 0.3) is 11.0 Å². The number of amides is 2. The first kappa shape index (κ1) is 29.3. The highest BCUT2D eigenvalue weighted by atomic mass is 19.4. The Kier molecular flexibility index (Phi) is 8.10. The van der Waals surface area contributed by atoms with Crippen LogP contribution in [0.2, 0.25) is 0 Å². The number of halogens is 4. The molecule has 40 heavy (non-hydrogen) atoms. The number of benzene rings is 1. The lowest BCUT2D eigenvalue weighted by Gasteiger charge is -2.41. The Morgan fingerprint density at radius 1 is 1.12 bits per heavy atom. The van der Waals surface area contributed by atoms with Gasteiger partial charge in [0.2, 0.25) is 5.91 Å². The lowest BCUT2D eigenvalue weighted by molar-refractivity contribution is -0.178. The number of nitrogens with one attached hydrogen (secondary N) is 1. The van der Waals surface area contributed by atoms with E-state index in [2.05, 4.69) is 15.3 Å². The van der Waals surface area contributed by atoms with E-state index in [9.17, 15) is 28.0 Å². The van der Waals surface area contributed by atoms with Crippen LogP contribution in [0.15, 0.2) is 24.5 Å². The Balaban J connectivity index is 1.45. The number of aromatic nitrogens is 2. The maximum atomic E-state index is 15.5. The van der Waals surface area contributed by atoms with Crippen molar-refractivity contribution in [3.05, 3.63) is 30.1 Å². The highest BCUT2D eigenvalue weighted by Gasteiger charge is 2.46. The zero-order chi connectivity index (χ0) is 29.3. The normalized spacial score (nSPS) is 21.6. The Labute approximate surface area is 229 Å². The molecule has 0 spiro atoms. The molecule has 1 N–H and O–H groups in total. The van der Waals surface area contributed by atoms with Gasteiger partial charge in [-0.2, -0.15) is 18.4 Å². The lowest BCUT2D eigenvalue weighted by atomic mass is 9.89. The number of carbonyl (C=O) groups is 2. The molecule has 0 bridgehead atoms. The Morgan fingerprint density at radius 2 is 1.77 bits per heavy atom. The SMILES string of the molecule is CC(C)(C)OC(=O)N1CCC(F)(CC(=O)NC2CC(C(F)(F)F)CN(c3ccc(C#N)c4nccnc34)C2)CC1. The number of piperidine rings is 2. The standard InChI is InChI=1S/C27H32F4N6O3/c1-25(2,3)40-24(39)36-10-6-26(28,7-11-36)13-21(38)35-19-12-18(27(29,30)31)15-37(16-19)20-5-4-17(14-32)22-23(20)34-9-8-33-22/h4-5,8-9,18-19H,6-7,10-13,15-16H2,1-3H3,(H,35,38). The summed E-state index contributed by atoms with van der Waals surface area (Å²) in [5.74, 6) is -2.43. The quantitative estimate of drug-likeness (QED) is 0.544. The zero-order valence-corrected chi connectivity index (χ0v) is 22.6. The minimum Gasteiger partial charge on any atom is -0.444 e. The second kappa shape index (κ2) is 11.1. The summed E-state index contributed by atoms with van der Waals surface area (Å²) in [5, 5.41) is 12.0. The minimum absolute atomic E-state index is 0.0433. The number of nitriles is 1. The summed E-state index contributed by atoms with van der Waals surface area (Å²) in [6.07, 6.45) is -3.33. The lowest BCUT2D eigenvalue weighted by Crippen LogP contribution is -2.55. The van der Waals surface area contributed by atoms with Crippen LogP contribution >= 0.6 is 0 Å². The van der Waals surface area contributed by atoms with Crippen LogP contribution in [-0.4, -0.2) is 76.5 Å². The Morgan fingerprint density at radius 3 is 2.38 bits per heavy atom. The van der Waals surface area contributed by atoms with Crippen LogP contribution in [0.4, 0.5) is 28.0 Å². The first-order valence-electron chi connectivity index (χ1n) is 13.1. The van der Waals surface area contributed by atoms with E-state index in [0.717, 1.165) is 0 Å². The van der Waals surface area contributed by atoms with E-state index in [4.69, 9.17) is 4.74 Å². The van der Waals surface area contributed by atoms with E-state index < -0.39 is 47.8 Å². The second-order valence-corrected chi connectivity index (χ2v) is 11.4. The van der Waals surface area contributed by atoms with E-state index in [1.54, 1.807) is 20.8 Å². The van der Waals surface area contributed by atoms with Gasteiger partial charge in [0.15, 0.2) is 0 Å². The Bertz CT molecular complexity index is 1300. The van der Waals surface area contributed by atoms with Gasteiger partial charge in [0.25, 0.3) is 0 Å². The highest BCUT2D eigenvalue weighted by Crippen LogP contribution is 2.37. The van der Waals surface area contributed by atoms with Crippen molar-refractivity contribution in [3.63, 3.8) is 0 Å². The number of fused-ring (bicyclic) bond motifs is 1. The molecule has 2 unspecified atom stereocenters. The molecule has 216 valence electrons. The third-order valence-corrected chi connectivity index (χ3v) is 7.13. The van der Waals surface area contributed by atoms with E-state index >= 15 is 4.39 Å². The van der Waals surface area contributed by atoms with Gasteiger partial charge in [-0.15, -0.1) is 0 Å². The van der Waals surface area contributed by atoms with Crippen molar-refractivity contribution < 1.29 is 31.9 Å². The van der Waals surface area contributed by atoms with Crippen molar-refractivity contribution >= 4 is 28.7 Å². The van der Waals surface area contributed by atoms with Gasteiger partial charge in [0.05, 0.1) is 23.6 Å². The molecule has 3 heterocycles. The van der Waals surface area contributed by atoms with Gasteiger partial charge in [0, 0.05) is 44.6 Å². The average molecular weight is 565 g/mol. The summed E-state index contributed by atoms with van der Waals surface area (Å²) in [6, 6.07) is 4.11. The molecule has 0 aliphatic carbocycles. The summed E-state index contributed by atoms with van der Waals surface area (Å²) < 4.78 is 62.5. The second-order valence-electron chi connectivity index (χ2n) is 11.4. The van der Waals surface area contributed by atoms with Crippen LogP contribution < -0.4 is 10.2 Å². The van der Waals surface area contributed by atoms with E-state index in [-0.39, 0.29) is 62.0 Å². The van der Waals surface area contributed by atoms with Crippen LogP contribution in [0.5, 0.6) is 0 Å². The third-order valence-electron chi connectivity index (χ3n) is 7.13. The first-order valence-corrected chi connectivity index (χ1v) is 13.1. The summed E-state index contributed by atoms with van der Waals surface area (Å²) in [7, 11) is 0. The molecule has 4 rings (SSSR count). The van der Waals surface area contributed by atoms with Crippen molar-refractivity contribution in [2.75, 3.05) is 31.1 Å². The molecule has 1 aromatic heterocycles. The number of anilines is 1. The van der Waals surface area contributed by atoms with Gasteiger partial charge in [-0.1, -0.05) is 0 Å². The summed E-state index contributed by atoms with van der Waals surface area (Å²) in [5.41, 5.74) is -1.42.